The van der Waals surface area contributed by atoms with E-state index in [9.17, 15) is 19.5 Å². The van der Waals surface area contributed by atoms with Gasteiger partial charge in [-0.3, -0.25) is 9.59 Å². The minimum absolute atomic E-state index is 0.0405. The van der Waals surface area contributed by atoms with Crippen LogP contribution in [0.1, 0.15) is 42.7 Å². The quantitative estimate of drug-likeness (QED) is 0.616. The van der Waals surface area contributed by atoms with Crippen molar-refractivity contribution in [3.63, 3.8) is 0 Å². The smallest absolute Gasteiger partial charge is 0.407 e. The highest BCUT2D eigenvalue weighted by Crippen LogP contribution is 2.44. The van der Waals surface area contributed by atoms with Crippen LogP contribution in [0.25, 0.3) is 11.1 Å². The summed E-state index contributed by atoms with van der Waals surface area (Å²) < 4.78 is 5.43. The molecular weight excluding hydrogens is 408 g/mol. The maximum absolute atomic E-state index is 12.2. The third-order valence-electron chi connectivity index (χ3n) is 6.52. The van der Waals surface area contributed by atoms with E-state index in [0.717, 1.165) is 41.5 Å². The Bertz CT molecular complexity index is 960. The summed E-state index contributed by atoms with van der Waals surface area (Å²) in [6.07, 6.45) is 2.67. The first-order chi connectivity index (χ1) is 15.5. The Labute approximate surface area is 187 Å². The number of rotatable bonds is 7. The minimum Gasteiger partial charge on any atom is -0.481 e. The molecule has 0 bridgehead atoms. The van der Waals surface area contributed by atoms with Crippen molar-refractivity contribution in [3.05, 3.63) is 59.7 Å². The van der Waals surface area contributed by atoms with Gasteiger partial charge in [0.25, 0.3) is 0 Å². The van der Waals surface area contributed by atoms with Crippen LogP contribution in [0, 0.1) is 11.8 Å². The van der Waals surface area contributed by atoms with Gasteiger partial charge in [0.05, 0.1) is 12.5 Å². The van der Waals surface area contributed by atoms with E-state index in [2.05, 4.69) is 22.8 Å². The third-order valence-corrected chi connectivity index (χ3v) is 6.52. The number of alkyl carbamates (subject to hydrolysis) is 1. The fraction of sp³-hybridized carbons (Fsp3) is 0.400. The Kier molecular flexibility index (Phi) is 6.73. The van der Waals surface area contributed by atoms with Gasteiger partial charge in [-0.05, 0) is 41.0 Å². The summed E-state index contributed by atoms with van der Waals surface area (Å²) in [7, 11) is 0. The molecule has 2 aliphatic rings. The average molecular weight is 437 g/mol. The summed E-state index contributed by atoms with van der Waals surface area (Å²) >= 11 is 0. The summed E-state index contributed by atoms with van der Waals surface area (Å²) in [5.41, 5.74) is 4.55. The highest BCUT2D eigenvalue weighted by Gasteiger charge is 2.31. The molecule has 2 aromatic carbocycles. The lowest BCUT2D eigenvalue weighted by atomic mass is 9.79. The van der Waals surface area contributed by atoms with Crippen LogP contribution in [0.5, 0.6) is 0 Å². The third kappa shape index (κ3) is 4.77. The van der Waals surface area contributed by atoms with E-state index < -0.39 is 18.0 Å². The molecule has 32 heavy (non-hydrogen) atoms. The molecule has 2 atom stereocenters. The Morgan fingerprint density at radius 3 is 2.19 bits per heavy atom. The summed E-state index contributed by atoms with van der Waals surface area (Å²) in [5.74, 6) is -1.69. The van der Waals surface area contributed by atoms with Crippen LogP contribution < -0.4 is 10.6 Å². The molecule has 0 aromatic heterocycles. The molecule has 2 amide bonds. The van der Waals surface area contributed by atoms with Gasteiger partial charge in [-0.15, -0.1) is 0 Å². The van der Waals surface area contributed by atoms with E-state index in [1.165, 1.54) is 0 Å². The maximum atomic E-state index is 12.2. The molecule has 168 valence electrons. The molecule has 2 aromatic rings. The van der Waals surface area contributed by atoms with E-state index >= 15 is 0 Å². The average Bonchev–Trinajstić information content (AvgIpc) is 3.14. The monoisotopic (exact) mass is 436 g/mol. The van der Waals surface area contributed by atoms with Gasteiger partial charge in [-0.2, -0.15) is 0 Å². The Hall–Kier alpha value is -3.35. The molecule has 0 aliphatic heterocycles. The van der Waals surface area contributed by atoms with Crippen molar-refractivity contribution >= 4 is 18.0 Å². The lowest BCUT2D eigenvalue weighted by Crippen LogP contribution is -2.42. The molecule has 1 saturated carbocycles. The zero-order valence-electron chi connectivity index (χ0n) is 17.9. The summed E-state index contributed by atoms with van der Waals surface area (Å²) in [6, 6.07) is 16.2. The van der Waals surface area contributed by atoms with Crippen LogP contribution in [-0.4, -0.2) is 42.8 Å². The number of nitrogens with one attached hydrogen (secondary N) is 2. The number of hydrogen-bond donors (Lipinski definition) is 3. The van der Waals surface area contributed by atoms with Gasteiger partial charge in [0, 0.05) is 12.5 Å². The molecule has 0 radical (unpaired) electrons. The second-order valence-corrected chi connectivity index (χ2v) is 8.47. The molecule has 1 fully saturated rings. The van der Waals surface area contributed by atoms with Crippen LogP contribution in [0.15, 0.2) is 48.5 Å². The fourth-order valence-electron chi connectivity index (χ4n) is 4.89. The SMILES string of the molecule is O=C(CNC(=O)OCC1c2ccccc2-c2ccccc21)NCC1CCCCC1C(=O)O. The first-order valence-electron chi connectivity index (χ1n) is 11.1. The van der Waals surface area contributed by atoms with Crippen molar-refractivity contribution in [1.82, 2.24) is 10.6 Å². The number of carbonyl (C=O) groups excluding carboxylic acids is 2. The predicted octanol–water partition coefficient (Wildman–Crippen LogP) is 3.53. The largest absolute Gasteiger partial charge is 0.481 e. The number of fused-ring (bicyclic) bond motifs is 3. The van der Waals surface area contributed by atoms with Crippen LogP contribution in [-0.2, 0) is 14.3 Å². The molecule has 7 heteroatoms. The Morgan fingerprint density at radius 2 is 1.53 bits per heavy atom. The number of carbonyl (C=O) groups is 3. The molecule has 4 rings (SSSR count). The van der Waals surface area contributed by atoms with Gasteiger partial charge in [0.15, 0.2) is 0 Å². The van der Waals surface area contributed by atoms with Gasteiger partial charge >= 0.3 is 12.1 Å². The molecule has 3 N–H and O–H groups in total. The van der Waals surface area contributed by atoms with Crippen molar-refractivity contribution in [2.24, 2.45) is 11.8 Å². The maximum Gasteiger partial charge on any atom is 0.407 e. The van der Waals surface area contributed by atoms with Crippen LogP contribution in [0.2, 0.25) is 0 Å². The lowest BCUT2D eigenvalue weighted by molar-refractivity contribution is -0.145. The van der Waals surface area contributed by atoms with E-state index in [-0.39, 0.29) is 30.9 Å². The molecular formula is C25H28N2O5. The number of amides is 2. The van der Waals surface area contributed by atoms with E-state index in [1.807, 2.05) is 36.4 Å². The molecule has 2 unspecified atom stereocenters. The molecule has 7 nitrogen and oxygen atoms in total. The van der Waals surface area contributed by atoms with Gasteiger partial charge < -0.3 is 20.5 Å². The first kappa shape index (κ1) is 21.9. The van der Waals surface area contributed by atoms with Crippen LogP contribution in [0.4, 0.5) is 4.79 Å². The van der Waals surface area contributed by atoms with Crippen LogP contribution in [0.3, 0.4) is 0 Å². The minimum atomic E-state index is -0.805. The number of hydrogen-bond acceptors (Lipinski definition) is 4. The summed E-state index contributed by atoms with van der Waals surface area (Å²) in [5, 5.41) is 14.6. The Morgan fingerprint density at radius 1 is 0.906 bits per heavy atom. The first-order valence-corrected chi connectivity index (χ1v) is 11.1. The summed E-state index contributed by atoms with van der Waals surface area (Å²) in [6.45, 7) is 0.285. The number of carboxylic acid groups (broad SMARTS) is 1. The van der Waals surface area contributed by atoms with Crippen LogP contribution >= 0.6 is 0 Å². The molecule has 0 heterocycles. The van der Waals surface area contributed by atoms with E-state index in [4.69, 9.17) is 4.74 Å². The van der Waals surface area contributed by atoms with E-state index in [0.29, 0.717) is 13.0 Å². The van der Waals surface area contributed by atoms with Gasteiger partial charge in [-0.25, -0.2) is 4.79 Å². The highest BCUT2D eigenvalue weighted by atomic mass is 16.5. The molecule has 0 saturated heterocycles. The lowest BCUT2D eigenvalue weighted by Gasteiger charge is -2.28. The number of aliphatic carboxylic acids is 1. The van der Waals surface area contributed by atoms with Crippen molar-refractivity contribution in [2.45, 2.75) is 31.6 Å². The van der Waals surface area contributed by atoms with E-state index in [1.54, 1.807) is 0 Å². The Balaban J connectivity index is 1.24. The zero-order chi connectivity index (χ0) is 22.5. The molecule has 0 spiro atoms. The van der Waals surface area contributed by atoms with Gasteiger partial charge in [-0.1, -0.05) is 61.4 Å². The van der Waals surface area contributed by atoms with Gasteiger partial charge in [0.1, 0.15) is 6.61 Å². The number of benzene rings is 2. The van der Waals surface area contributed by atoms with Crippen molar-refractivity contribution < 1.29 is 24.2 Å². The second kappa shape index (κ2) is 9.85. The van der Waals surface area contributed by atoms with Crippen molar-refractivity contribution in [1.29, 1.82) is 0 Å². The number of ether oxygens (including phenoxy) is 1. The normalized spacial score (nSPS) is 19.5. The standard InChI is InChI=1S/C25H28N2O5/c28-23(26-13-16-7-1-2-8-17(16)24(29)30)14-27-25(31)32-15-22-20-11-5-3-9-18(20)19-10-4-6-12-21(19)22/h3-6,9-12,16-17,22H,1-2,7-8,13-15H2,(H,26,28)(H,27,31)(H,29,30). The second-order valence-electron chi connectivity index (χ2n) is 8.47. The number of carboxylic acids is 1. The molecule has 2 aliphatic carbocycles. The fourth-order valence-corrected chi connectivity index (χ4v) is 4.89. The zero-order valence-corrected chi connectivity index (χ0v) is 17.9. The topological polar surface area (TPSA) is 105 Å². The van der Waals surface area contributed by atoms with Gasteiger partial charge in [0.2, 0.25) is 5.91 Å². The van der Waals surface area contributed by atoms with Crippen molar-refractivity contribution in [3.8, 4) is 11.1 Å². The van der Waals surface area contributed by atoms with Crippen molar-refractivity contribution in [2.75, 3.05) is 19.7 Å². The predicted molar refractivity (Wildman–Crippen MR) is 119 cm³/mol. The highest BCUT2D eigenvalue weighted by molar-refractivity contribution is 5.82. The summed E-state index contributed by atoms with van der Waals surface area (Å²) in [4.78, 5) is 35.7.